The molecule has 2 N–H and O–H groups in total. The minimum absolute atomic E-state index is 0.0521. The minimum atomic E-state index is -0.492. The molecule has 0 aliphatic carbocycles. The molecule has 0 bridgehead atoms. The van der Waals surface area contributed by atoms with Gasteiger partial charge < -0.3 is 0 Å². The van der Waals surface area contributed by atoms with Crippen molar-refractivity contribution >= 4 is 17.9 Å². The van der Waals surface area contributed by atoms with Gasteiger partial charge in [0.05, 0.1) is 16.7 Å². The van der Waals surface area contributed by atoms with E-state index in [1.807, 2.05) is 0 Å². The third kappa shape index (κ3) is 3.25. The van der Waals surface area contributed by atoms with Crippen molar-refractivity contribution in [3.05, 3.63) is 62.1 Å². The Morgan fingerprint density at radius 1 is 1.45 bits per heavy atom. The number of anilines is 1. The highest BCUT2D eigenvalue weighted by atomic mass is 16.6. The first kappa shape index (κ1) is 13.4. The fourth-order valence-corrected chi connectivity index (χ4v) is 1.56. The Kier molecular flexibility index (Phi) is 3.85. The zero-order chi connectivity index (χ0) is 14.5. The third-order valence-corrected chi connectivity index (χ3v) is 2.38. The maximum absolute atomic E-state index is 11.2. The number of hydrogen-bond acceptors (Lipinski definition) is 6. The van der Waals surface area contributed by atoms with Crippen LogP contribution in [-0.2, 0) is 0 Å². The molecule has 0 aliphatic rings. The number of benzene rings is 1. The van der Waals surface area contributed by atoms with E-state index in [1.165, 1.54) is 18.3 Å². The molecule has 8 nitrogen and oxygen atoms in total. The van der Waals surface area contributed by atoms with Crippen LogP contribution in [0, 0.1) is 17.0 Å². The standard InChI is InChI=1S/C12H11N5O3/c1-8-6-11(18)15-12(14-8)16-13-7-9-4-2-3-5-10(9)17(19)20/h2-7H,1H3,(H2,14,15,16,18)/b13-7+. The Hall–Kier alpha value is -3.03. The summed E-state index contributed by atoms with van der Waals surface area (Å²) in [6, 6.07) is 7.53. The van der Waals surface area contributed by atoms with E-state index < -0.39 is 4.92 Å². The SMILES string of the molecule is Cc1cc(=O)[nH]c(N/N=C/c2ccccc2[N+](=O)[O-])n1. The van der Waals surface area contributed by atoms with Gasteiger partial charge in [-0.15, -0.1) is 0 Å². The normalized spacial score (nSPS) is 10.7. The van der Waals surface area contributed by atoms with Gasteiger partial charge >= 0.3 is 0 Å². The minimum Gasteiger partial charge on any atom is -0.291 e. The number of nitrogens with one attached hydrogen (secondary N) is 2. The Bertz CT molecular complexity index is 723. The fourth-order valence-electron chi connectivity index (χ4n) is 1.56. The number of hydrazone groups is 1. The number of H-pyrrole nitrogens is 1. The molecule has 0 fully saturated rings. The van der Waals surface area contributed by atoms with Gasteiger partial charge in [0.15, 0.2) is 0 Å². The number of aromatic amines is 1. The molecule has 0 amide bonds. The van der Waals surface area contributed by atoms with Crippen molar-refractivity contribution in [2.75, 3.05) is 5.43 Å². The Balaban J connectivity index is 2.18. The van der Waals surface area contributed by atoms with E-state index in [2.05, 4.69) is 20.5 Å². The molecule has 0 spiro atoms. The van der Waals surface area contributed by atoms with Gasteiger partial charge in [-0.2, -0.15) is 5.10 Å². The summed E-state index contributed by atoms with van der Waals surface area (Å²) < 4.78 is 0. The van der Waals surface area contributed by atoms with Crippen LogP contribution >= 0.6 is 0 Å². The molecule has 8 heteroatoms. The fraction of sp³-hybridized carbons (Fsp3) is 0.0833. The van der Waals surface area contributed by atoms with E-state index in [9.17, 15) is 14.9 Å². The van der Waals surface area contributed by atoms with Crippen molar-refractivity contribution < 1.29 is 4.92 Å². The predicted molar refractivity (Wildman–Crippen MR) is 73.9 cm³/mol. The van der Waals surface area contributed by atoms with Gasteiger partial charge in [-0.1, -0.05) is 12.1 Å². The summed E-state index contributed by atoms with van der Waals surface area (Å²) in [5.41, 5.74) is 3.05. The smallest absolute Gasteiger partial charge is 0.278 e. The highest BCUT2D eigenvalue weighted by Gasteiger charge is 2.09. The van der Waals surface area contributed by atoms with Crippen molar-refractivity contribution in [1.29, 1.82) is 0 Å². The molecular weight excluding hydrogens is 262 g/mol. The molecule has 20 heavy (non-hydrogen) atoms. The van der Waals surface area contributed by atoms with Crippen LogP contribution in [0.5, 0.6) is 0 Å². The molecule has 102 valence electrons. The molecule has 0 atom stereocenters. The van der Waals surface area contributed by atoms with E-state index in [-0.39, 0.29) is 17.2 Å². The van der Waals surface area contributed by atoms with E-state index in [0.717, 1.165) is 0 Å². The Morgan fingerprint density at radius 2 is 2.20 bits per heavy atom. The predicted octanol–water partition coefficient (Wildman–Crippen LogP) is 1.43. The molecular formula is C12H11N5O3. The molecule has 2 rings (SSSR count). The molecule has 1 aromatic heterocycles. The molecule has 2 aromatic rings. The summed E-state index contributed by atoms with van der Waals surface area (Å²) in [5, 5.41) is 14.6. The number of rotatable bonds is 4. The third-order valence-electron chi connectivity index (χ3n) is 2.38. The van der Waals surface area contributed by atoms with Crippen LogP contribution in [0.1, 0.15) is 11.3 Å². The van der Waals surface area contributed by atoms with Crippen molar-refractivity contribution in [2.24, 2.45) is 5.10 Å². The van der Waals surface area contributed by atoms with Gasteiger partial charge in [-0.25, -0.2) is 10.4 Å². The lowest BCUT2D eigenvalue weighted by Gasteiger charge is -2.00. The maximum Gasteiger partial charge on any atom is 0.278 e. The summed E-state index contributed by atoms with van der Waals surface area (Å²) in [6.07, 6.45) is 1.29. The summed E-state index contributed by atoms with van der Waals surface area (Å²) in [5.74, 6) is 0.171. The molecule has 0 radical (unpaired) electrons. The zero-order valence-corrected chi connectivity index (χ0v) is 10.5. The molecule has 0 aliphatic heterocycles. The zero-order valence-electron chi connectivity index (χ0n) is 10.5. The monoisotopic (exact) mass is 273 g/mol. The second kappa shape index (κ2) is 5.74. The summed E-state index contributed by atoms with van der Waals surface area (Å²) in [6.45, 7) is 1.67. The number of nitrogens with zero attached hydrogens (tertiary/aromatic N) is 3. The van der Waals surface area contributed by atoms with E-state index in [4.69, 9.17) is 0 Å². The molecule has 0 saturated heterocycles. The average Bonchev–Trinajstić information content (AvgIpc) is 2.38. The molecule has 1 heterocycles. The van der Waals surface area contributed by atoms with Crippen LogP contribution in [0.15, 0.2) is 40.2 Å². The highest BCUT2D eigenvalue weighted by molar-refractivity contribution is 5.85. The maximum atomic E-state index is 11.2. The average molecular weight is 273 g/mol. The van der Waals surface area contributed by atoms with Crippen LogP contribution < -0.4 is 11.0 Å². The summed E-state index contributed by atoms with van der Waals surface area (Å²) in [4.78, 5) is 28.0. The van der Waals surface area contributed by atoms with Crippen LogP contribution in [0.2, 0.25) is 0 Å². The van der Waals surface area contributed by atoms with Crippen LogP contribution in [0.25, 0.3) is 0 Å². The first-order valence-electron chi connectivity index (χ1n) is 5.67. The van der Waals surface area contributed by atoms with Gasteiger partial charge in [-0.05, 0) is 13.0 Å². The van der Waals surface area contributed by atoms with Crippen molar-refractivity contribution in [3.8, 4) is 0 Å². The van der Waals surface area contributed by atoms with Gasteiger partial charge in [0, 0.05) is 17.8 Å². The number of nitro benzene ring substituents is 1. The topological polar surface area (TPSA) is 113 Å². The van der Waals surface area contributed by atoms with Crippen LogP contribution in [0.4, 0.5) is 11.6 Å². The van der Waals surface area contributed by atoms with Gasteiger partial charge in [0.2, 0.25) is 5.95 Å². The number of nitro groups is 1. The summed E-state index contributed by atoms with van der Waals surface area (Å²) in [7, 11) is 0. The van der Waals surface area contributed by atoms with E-state index in [0.29, 0.717) is 11.3 Å². The van der Waals surface area contributed by atoms with E-state index >= 15 is 0 Å². The van der Waals surface area contributed by atoms with Crippen LogP contribution in [-0.4, -0.2) is 21.1 Å². The Morgan fingerprint density at radius 3 is 2.90 bits per heavy atom. The van der Waals surface area contributed by atoms with Gasteiger partial charge in [0.1, 0.15) is 0 Å². The quantitative estimate of drug-likeness (QED) is 0.497. The lowest BCUT2D eigenvalue weighted by molar-refractivity contribution is -0.385. The second-order valence-electron chi connectivity index (χ2n) is 3.92. The molecule has 0 saturated carbocycles. The van der Waals surface area contributed by atoms with Crippen molar-refractivity contribution in [3.63, 3.8) is 0 Å². The summed E-state index contributed by atoms with van der Waals surface area (Å²) >= 11 is 0. The lowest BCUT2D eigenvalue weighted by atomic mass is 10.2. The van der Waals surface area contributed by atoms with Gasteiger partial charge in [-0.3, -0.25) is 19.9 Å². The van der Waals surface area contributed by atoms with Crippen molar-refractivity contribution in [1.82, 2.24) is 9.97 Å². The molecule has 1 aromatic carbocycles. The second-order valence-corrected chi connectivity index (χ2v) is 3.92. The lowest BCUT2D eigenvalue weighted by Crippen LogP contribution is -2.10. The Labute approximate surface area is 113 Å². The first-order valence-corrected chi connectivity index (χ1v) is 5.67. The number of aromatic nitrogens is 2. The van der Waals surface area contributed by atoms with Gasteiger partial charge in [0.25, 0.3) is 11.2 Å². The van der Waals surface area contributed by atoms with E-state index in [1.54, 1.807) is 25.1 Å². The highest BCUT2D eigenvalue weighted by Crippen LogP contribution is 2.15. The number of para-hydroxylation sites is 1. The molecule has 0 unspecified atom stereocenters. The number of hydrogen-bond donors (Lipinski definition) is 2. The number of aryl methyl sites for hydroxylation is 1. The van der Waals surface area contributed by atoms with Crippen LogP contribution in [0.3, 0.4) is 0 Å². The first-order chi connectivity index (χ1) is 9.56. The largest absolute Gasteiger partial charge is 0.291 e. The van der Waals surface area contributed by atoms with Crippen molar-refractivity contribution in [2.45, 2.75) is 6.92 Å².